The standard InChI is InChI=1S/C62H124NO8P/c1-3-5-7-9-11-13-15-17-19-20-21-22-23-24-25-26-27-28-29-30-31-32-33-34-35-36-37-38-39-41-43-45-47-49-51-53-55-62(65)71-60(59-70-72(66,67)69-57-56-63)58-68-61(64)54-52-50-48-46-44-42-40-18-16-14-12-10-8-6-4-2/h60H,3-59,63H2,1-2H3,(H,66,67). The largest absolute Gasteiger partial charge is 0.472 e. The maximum Gasteiger partial charge on any atom is 0.472 e. The Labute approximate surface area is 447 Å². The van der Waals surface area contributed by atoms with Crippen LogP contribution in [-0.2, 0) is 32.7 Å². The highest BCUT2D eigenvalue weighted by Crippen LogP contribution is 2.43. The SMILES string of the molecule is CCCCCCCCCCCCCCCCCCCCCCCCCCCCCCCCCCCCCCC(=O)OC(COC(=O)CCCCCCCCCCCCCCCCC)COP(=O)(O)OCCN. The third-order valence-electron chi connectivity index (χ3n) is 14.7. The van der Waals surface area contributed by atoms with E-state index < -0.39 is 26.5 Å². The zero-order valence-corrected chi connectivity index (χ0v) is 49.1. The molecule has 0 bridgehead atoms. The second-order valence-electron chi connectivity index (χ2n) is 22.0. The van der Waals surface area contributed by atoms with E-state index in [1.165, 1.54) is 289 Å². The van der Waals surface area contributed by atoms with Crippen LogP contribution < -0.4 is 5.73 Å². The summed E-state index contributed by atoms with van der Waals surface area (Å²) in [5, 5.41) is 0. The van der Waals surface area contributed by atoms with Gasteiger partial charge in [-0.3, -0.25) is 18.6 Å². The molecule has 0 spiro atoms. The lowest BCUT2D eigenvalue weighted by atomic mass is 10.0. The Bertz CT molecular complexity index is 1140. The van der Waals surface area contributed by atoms with Crippen molar-refractivity contribution < 1.29 is 37.6 Å². The summed E-state index contributed by atoms with van der Waals surface area (Å²) in [6.45, 7) is 3.82. The fraction of sp³-hybridized carbons (Fsp3) is 0.968. The third kappa shape index (κ3) is 58.3. The summed E-state index contributed by atoms with van der Waals surface area (Å²) in [5.74, 6) is -0.803. The van der Waals surface area contributed by atoms with Gasteiger partial charge in [-0.15, -0.1) is 0 Å². The van der Waals surface area contributed by atoms with E-state index in [1.54, 1.807) is 0 Å². The van der Waals surface area contributed by atoms with Gasteiger partial charge in [0.2, 0.25) is 0 Å². The van der Waals surface area contributed by atoms with Gasteiger partial charge in [-0.25, -0.2) is 4.57 Å². The van der Waals surface area contributed by atoms with Gasteiger partial charge in [-0.05, 0) is 12.8 Å². The molecule has 0 aliphatic carbocycles. The number of carbonyl (C=O) groups is 2. The molecule has 0 rings (SSSR count). The van der Waals surface area contributed by atoms with E-state index in [4.69, 9.17) is 24.3 Å². The number of hydrogen-bond acceptors (Lipinski definition) is 8. The van der Waals surface area contributed by atoms with E-state index in [1.807, 2.05) is 0 Å². The quantitative estimate of drug-likeness (QED) is 0.0347. The summed E-state index contributed by atoms with van der Waals surface area (Å²) >= 11 is 0. The van der Waals surface area contributed by atoms with Crippen molar-refractivity contribution in [2.45, 2.75) is 360 Å². The van der Waals surface area contributed by atoms with Crippen molar-refractivity contribution in [2.75, 3.05) is 26.4 Å². The van der Waals surface area contributed by atoms with Crippen molar-refractivity contribution in [1.29, 1.82) is 0 Å². The summed E-state index contributed by atoms with van der Waals surface area (Å²) in [6.07, 6.45) is 67.7. The van der Waals surface area contributed by atoms with Crippen LogP contribution in [0.25, 0.3) is 0 Å². The summed E-state index contributed by atoms with van der Waals surface area (Å²) in [6, 6.07) is 0. The van der Waals surface area contributed by atoms with Gasteiger partial charge in [-0.2, -0.15) is 0 Å². The molecule has 0 saturated carbocycles. The molecule has 0 aliphatic rings. The highest BCUT2D eigenvalue weighted by molar-refractivity contribution is 7.47. The molecule has 0 heterocycles. The number of phosphoric ester groups is 1. The Hall–Kier alpha value is -0.990. The molecule has 0 aromatic rings. The molecule has 0 aromatic heterocycles. The molecule has 3 N–H and O–H groups in total. The van der Waals surface area contributed by atoms with Crippen molar-refractivity contribution in [3.8, 4) is 0 Å². The molecular formula is C62H124NO8P. The number of ether oxygens (including phenoxy) is 2. The number of rotatable bonds is 62. The monoisotopic (exact) mass is 1040 g/mol. The predicted octanol–water partition coefficient (Wildman–Crippen LogP) is 20.2. The molecule has 9 nitrogen and oxygen atoms in total. The minimum Gasteiger partial charge on any atom is -0.462 e. The second-order valence-corrected chi connectivity index (χ2v) is 23.5. The number of carbonyl (C=O) groups excluding carboxylic acids is 2. The molecule has 0 aliphatic heterocycles. The van der Waals surface area contributed by atoms with Gasteiger partial charge in [0.1, 0.15) is 6.61 Å². The van der Waals surface area contributed by atoms with Crippen LogP contribution in [0.5, 0.6) is 0 Å². The third-order valence-corrected chi connectivity index (χ3v) is 15.7. The first kappa shape index (κ1) is 71.0. The van der Waals surface area contributed by atoms with E-state index in [0.717, 1.165) is 32.1 Å². The Balaban J connectivity index is 3.74. The average molecular weight is 1040 g/mol. The highest BCUT2D eigenvalue weighted by Gasteiger charge is 2.26. The number of unbranched alkanes of at least 4 members (excludes halogenated alkanes) is 49. The molecule has 72 heavy (non-hydrogen) atoms. The topological polar surface area (TPSA) is 134 Å². The molecule has 10 heteroatoms. The van der Waals surface area contributed by atoms with Crippen molar-refractivity contribution in [1.82, 2.24) is 0 Å². The number of nitrogens with two attached hydrogens (primary N) is 1. The summed E-state index contributed by atoms with van der Waals surface area (Å²) < 4.78 is 33.0. The summed E-state index contributed by atoms with van der Waals surface area (Å²) in [4.78, 5) is 35.2. The minimum atomic E-state index is -4.38. The summed E-state index contributed by atoms with van der Waals surface area (Å²) in [5.41, 5.74) is 5.38. The molecule has 2 unspecified atom stereocenters. The first-order valence-electron chi connectivity index (χ1n) is 32.0. The lowest BCUT2D eigenvalue weighted by Gasteiger charge is -2.19. The Morgan fingerprint density at radius 2 is 0.597 bits per heavy atom. The molecule has 2 atom stereocenters. The smallest absolute Gasteiger partial charge is 0.462 e. The molecular weight excluding hydrogens is 918 g/mol. The van der Waals surface area contributed by atoms with Crippen LogP contribution in [-0.4, -0.2) is 49.3 Å². The fourth-order valence-electron chi connectivity index (χ4n) is 10.00. The van der Waals surface area contributed by atoms with Crippen LogP contribution in [0.2, 0.25) is 0 Å². The Morgan fingerprint density at radius 3 is 0.847 bits per heavy atom. The van der Waals surface area contributed by atoms with Crippen LogP contribution in [0, 0.1) is 0 Å². The van der Waals surface area contributed by atoms with Gasteiger partial charge in [0.05, 0.1) is 13.2 Å². The Morgan fingerprint density at radius 1 is 0.361 bits per heavy atom. The van der Waals surface area contributed by atoms with Crippen LogP contribution >= 0.6 is 7.82 Å². The fourth-order valence-corrected chi connectivity index (χ4v) is 10.8. The average Bonchev–Trinajstić information content (AvgIpc) is 3.37. The lowest BCUT2D eigenvalue weighted by Crippen LogP contribution is -2.29. The van der Waals surface area contributed by atoms with E-state index >= 15 is 0 Å². The van der Waals surface area contributed by atoms with E-state index in [9.17, 15) is 19.0 Å². The van der Waals surface area contributed by atoms with Crippen molar-refractivity contribution in [3.05, 3.63) is 0 Å². The van der Waals surface area contributed by atoms with Gasteiger partial charge in [0, 0.05) is 19.4 Å². The molecule has 0 aromatic carbocycles. The molecule has 0 radical (unpaired) electrons. The normalized spacial score (nSPS) is 12.9. The van der Waals surface area contributed by atoms with Gasteiger partial charge in [0.25, 0.3) is 0 Å². The van der Waals surface area contributed by atoms with E-state index in [2.05, 4.69) is 13.8 Å². The molecule has 0 saturated heterocycles. The maximum absolute atomic E-state index is 12.7. The molecule has 0 amide bonds. The van der Waals surface area contributed by atoms with Crippen molar-refractivity contribution in [3.63, 3.8) is 0 Å². The summed E-state index contributed by atoms with van der Waals surface area (Å²) in [7, 11) is -4.38. The first-order chi connectivity index (χ1) is 35.3. The number of esters is 2. The highest BCUT2D eigenvalue weighted by atomic mass is 31.2. The van der Waals surface area contributed by atoms with Gasteiger partial charge in [-0.1, -0.05) is 328 Å². The van der Waals surface area contributed by atoms with Crippen LogP contribution in [0.3, 0.4) is 0 Å². The second kappa shape index (κ2) is 59.3. The zero-order valence-electron chi connectivity index (χ0n) is 48.2. The lowest BCUT2D eigenvalue weighted by molar-refractivity contribution is -0.161. The molecule has 0 fully saturated rings. The Kier molecular flexibility index (Phi) is 58.4. The van der Waals surface area contributed by atoms with Gasteiger partial charge in [0.15, 0.2) is 6.10 Å². The first-order valence-corrected chi connectivity index (χ1v) is 33.5. The zero-order chi connectivity index (χ0) is 52.4. The van der Waals surface area contributed by atoms with E-state index in [-0.39, 0.29) is 38.6 Å². The number of phosphoric acid groups is 1. The number of hydrogen-bond donors (Lipinski definition) is 2. The van der Waals surface area contributed by atoms with Crippen molar-refractivity contribution >= 4 is 19.8 Å². The van der Waals surface area contributed by atoms with Crippen LogP contribution in [0.15, 0.2) is 0 Å². The maximum atomic E-state index is 12.7. The van der Waals surface area contributed by atoms with Crippen LogP contribution in [0.4, 0.5) is 0 Å². The van der Waals surface area contributed by atoms with E-state index in [0.29, 0.717) is 6.42 Å². The van der Waals surface area contributed by atoms with Crippen molar-refractivity contribution in [2.24, 2.45) is 5.73 Å². The van der Waals surface area contributed by atoms with Gasteiger partial charge < -0.3 is 20.1 Å². The predicted molar refractivity (Wildman–Crippen MR) is 308 cm³/mol. The minimum absolute atomic E-state index is 0.0585. The van der Waals surface area contributed by atoms with Crippen LogP contribution in [0.1, 0.15) is 354 Å². The van der Waals surface area contributed by atoms with Gasteiger partial charge >= 0.3 is 19.8 Å². The molecule has 430 valence electrons.